The molecule has 1 aliphatic carbocycles. The number of benzene rings is 9. The summed E-state index contributed by atoms with van der Waals surface area (Å²) in [6.45, 7) is 0. The van der Waals surface area contributed by atoms with Crippen LogP contribution in [0.15, 0.2) is 217 Å². The number of anilines is 3. The second-order valence-corrected chi connectivity index (χ2v) is 15.5. The molecule has 10 aromatic rings. The highest BCUT2D eigenvalue weighted by Crippen LogP contribution is 2.49. The van der Waals surface area contributed by atoms with Gasteiger partial charge in [-0.15, -0.1) is 0 Å². The molecule has 0 N–H and O–H groups in total. The summed E-state index contributed by atoms with van der Waals surface area (Å²) in [6.07, 6.45) is 6.59. The summed E-state index contributed by atoms with van der Waals surface area (Å²) >= 11 is 0. The number of fused-ring (bicyclic) bond motifs is 9. The van der Waals surface area contributed by atoms with Gasteiger partial charge in [0, 0.05) is 39.2 Å². The molecule has 2 unspecified atom stereocenters. The molecule has 0 radical (unpaired) electrons. The Morgan fingerprint density at radius 1 is 0.458 bits per heavy atom. The molecule has 12 rings (SSSR count). The Morgan fingerprint density at radius 3 is 2.03 bits per heavy atom. The van der Waals surface area contributed by atoms with Crippen molar-refractivity contribution in [3.63, 3.8) is 0 Å². The lowest BCUT2D eigenvalue weighted by Crippen LogP contribution is -2.22. The van der Waals surface area contributed by atoms with Crippen molar-refractivity contribution in [1.29, 1.82) is 0 Å². The summed E-state index contributed by atoms with van der Waals surface area (Å²) in [6, 6.07) is 69.6. The van der Waals surface area contributed by atoms with Gasteiger partial charge in [-0.25, -0.2) is 0 Å². The number of furan rings is 1. The SMILES string of the molecule is C1=CC2c3ccccc3OC2C(c2ccc(N(c3ccc(-c4cc5ccccc5c5ccccc45)cc3)c3cccc4c3oc3ccccc34)cc2-c2ccccc2)=C1. The van der Waals surface area contributed by atoms with Gasteiger partial charge in [0.05, 0.1) is 5.69 Å². The average Bonchev–Trinajstić information content (AvgIpc) is 3.89. The van der Waals surface area contributed by atoms with Crippen LogP contribution in [0.25, 0.3) is 71.3 Å². The van der Waals surface area contributed by atoms with Gasteiger partial charge in [-0.3, -0.25) is 0 Å². The molecule has 9 aromatic carbocycles. The first-order chi connectivity index (χ1) is 29.3. The van der Waals surface area contributed by atoms with Gasteiger partial charge >= 0.3 is 0 Å². The Labute approximate surface area is 342 Å². The molecule has 2 aliphatic rings. The molecule has 0 spiro atoms. The van der Waals surface area contributed by atoms with Gasteiger partial charge in [0.15, 0.2) is 5.58 Å². The van der Waals surface area contributed by atoms with E-state index in [-0.39, 0.29) is 12.0 Å². The summed E-state index contributed by atoms with van der Waals surface area (Å²) < 4.78 is 13.4. The van der Waals surface area contributed by atoms with Gasteiger partial charge in [-0.1, -0.05) is 164 Å². The molecule has 0 bridgehead atoms. The third kappa shape index (κ3) is 5.43. The van der Waals surface area contributed by atoms with Crippen LogP contribution in [-0.2, 0) is 0 Å². The van der Waals surface area contributed by atoms with Crippen molar-refractivity contribution in [2.45, 2.75) is 12.0 Å². The highest BCUT2D eigenvalue weighted by molar-refractivity contribution is 6.14. The van der Waals surface area contributed by atoms with Crippen LogP contribution < -0.4 is 9.64 Å². The molecule has 2 atom stereocenters. The van der Waals surface area contributed by atoms with E-state index in [1.54, 1.807) is 0 Å². The van der Waals surface area contributed by atoms with Crippen molar-refractivity contribution >= 4 is 66.1 Å². The molecular formula is C56H37NO2. The molecule has 0 amide bonds. The Bertz CT molecular complexity index is 3320. The lowest BCUT2D eigenvalue weighted by Gasteiger charge is -2.29. The van der Waals surface area contributed by atoms with E-state index in [1.807, 2.05) is 6.07 Å². The maximum Gasteiger partial charge on any atom is 0.159 e. The predicted molar refractivity (Wildman–Crippen MR) is 245 cm³/mol. The molecule has 0 fully saturated rings. The van der Waals surface area contributed by atoms with Gasteiger partial charge in [0.25, 0.3) is 0 Å². The van der Waals surface area contributed by atoms with Crippen LogP contribution in [0.5, 0.6) is 5.75 Å². The monoisotopic (exact) mass is 755 g/mol. The van der Waals surface area contributed by atoms with Crippen LogP contribution in [0.2, 0.25) is 0 Å². The Hall–Kier alpha value is -7.62. The van der Waals surface area contributed by atoms with E-state index >= 15 is 0 Å². The quantitative estimate of drug-likeness (QED) is 0.158. The van der Waals surface area contributed by atoms with Gasteiger partial charge in [0.1, 0.15) is 17.4 Å². The van der Waals surface area contributed by atoms with Crippen molar-refractivity contribution in [3.05, 3.63) is 223 Å². The van der Waals surface area contributed by atoms with Gasteiger partial charge < -0.3 is 14.1 Å². The summed E-state index contributed by atoms with van der Waals surface area (Å²) in [5, 5.41) is 7.20. The van der Waals surface area contributed by atoms with Gasteiger partial charge in [0.2, 0.25) is 0 Å². The Kier molecular flexibility index (Phi) is 7.67. The first-order valence-electron chi connectivity index (χ1n) is 20.3. The van der Waals surface area contributed by atoms with E-state index in [0.717, 1.165) is 61.4 Å². The summed E-state index contributed by atoms with van der Waals surface area (Å²) in [5.41, 5.74) is 13.0. The number of rotatable bonds is 6. The minimum Gasteiger partial charge on any atom is -0.484 e. The molecule has 2 heterocycles. The van der Waals surface area contributed by atoms with E-state index in [1.165, 1.54) is 43.8 Å². The lowest BCUT2D eigenvalue weighted by atomic mass is 9.82. The van der Waals surface area contributed by atoms with E-state index in [4.69, 9.17) is 9.15 Å². The average molecular weight is 756 g/mol. The second kappa shape index (κ2) is 13.5. The largest absolute Gasteiger partial charge is 0.484 e. The standard InChI is InChI=1S/C56H37NO2/c1-2-14-36(15-3-1)51-35-40(32-33-44(51)47-22-12-23-48-45-20-8-10-26-53(45)58-55(47)48)57(52-25-13-24-49-46-21-9-11-27-54(46)59-56(49)52)39-30-28-37(29-31-39)50-34-38-16-4-5-17-41(38)42-18-6-7-19-43(42)50/h1-35,48,55H. The van der Waals surface area contributed by atoms with Crippen molar-refractivity contribution in [3.8, 4) is 28.0 Å². The zero-order valence-corrected chi connectivity index (χ0v) is 32.1. The minimum atomic E-state index is -0.107. The molecule has 1 aromatic heterocycles. The molecule has 0 saturated carbocycles. The molecular weight excluding hydrogens is 719 g/mol. The number of ether oxygens (including phenoxy) is 1. The van der Waals surface area contributed by atoms with Crippen LogP contribution >= 0.6 is 0 Å². The molecule has 278 valence electrons. The highest BCUT2D eigenvalue weighted by atomic mass is 16.5. The van der Waals surface area contributed by atoms with E-state index in [2.05, 4.69) is 211 Å². The zero-order valence-electron chi connectivity index (χ0n) is 32.1. The van der Waals surface area contributed by atoms with Crippen LogP contribution in [0, 0.1) is 0 Å². The van der Waals surface area contributed by atoms with E-state index < -0.39 is 0 Å². The van der Waals surface area contributed by atoms with Crippen LogP contribution in [0.3, 0.4) is 0 Å². The maximum absolute atomic E-state index is 6.73. The molecule has 1 aliphatic heterocycles. The fourth-order valence-corrected chi connectivity index (χ4v) is 9.51. The van der Waals surface area contributed by atoms with Crippen LogP contribution in [0.1, 0.15) is 17.0 Å². The predicted octanol–water partition coefficient (Wildman–Crippen LogP) is 15.2. The third-order valence-corrected chi connectivity index (χ3v) is 12.2. The minimum absolute atomic E-state index is 0.107. The Morgan fingerprint density at radius 2 is 1.15 bits per heavy atom. The fourth-order valence-electron chi connectivity index (χ4n) is 9.51. The number of hydrogen-bond donors (Lipinski definition) is 0. The summed E-state index contributed by atoms with van der Waals surface area (Å²) in [7, 11) is 0. The van der Waals surface area contributed by atoms with Crippen molar-refractivity contribution in [2.75, 3.05) is 4.90 Å². The normalized spacial score (nSPS) is 15.6. The molecule has 59 heavy (non-hydrogen) atoms. The molecule has 3 heteroatoms. The maximum atomic E-state index is 6.73. The van der Waals surface area contributed by atoms with Crippen LogP contribution in [0.4, 0.5) is 17.1 Å². The van der Waals surface area contributed by atoms with E-state index in [0.29, 0.717) is 0 Å². The van der Waals surface area contributed by atoms with Crippen molar-refractivity contribution in [1.82, 2.24) is 0 Å². The highest BCUT2D eigenvalue weighted by Gasteiger charge is 2.37. The fraction of sp³-hybridized carbons (Fsp3) is 0.0357. The van der Waals surface area contributed by atoms with Crippen LogP contribution in [-0.4, -0.2) is 6.10 Å². The summed E-state index contributed by atoms with van der Waals surface area (Å²) in [4.78, 5) is 2.35. The number of nitrogens with zero attached hydrogens (tertiary/aromatic N) is 1. The number of para-hydroxylation sites is 3. The van der Waals surface area contributed by atoms with Crippen molar-refractivity contribution < 1.29 is 9.15 Å². The molecule has 3 nitrogen and oxygen atoms in total. The third-order valence-electron chi connectivity index (χ3n) is 12.2. The van der Waals surface area contributed by atoms with Gasteiger partial charge in [-0.05, 0) is 97.9 Å². The smallest absolute Gasteiger partial charge is 0.159 e. The number of hydrogen-bond acceptors (Lipinski definition) is 3. The second-order valence-electron chi connectivity index (χ2n) is 15.5. The van der Waals surface area contributed by atoms with E-state index in [9.17, 15) is 0 Å². The number of allylic oxidation sites excluding steroid dienone is 2. The van der Waals surface area contributed by atoms with Crippen molar-refractivity contribution in [2.24, 2.45) is 0 Å². The van der Waals surface area contributed by atoms with Gasteiger partial charge in [-0.2, -0.15) is 0 Å². The lowest BCUT2D eigenvalue weighted by molar-refractivity contribution is 0.278. The zero-order chi connectivity index (χ0) is 38.9. The Balaban J connectivity index is 1.04. The first kappa shape index (κ1) is 33.5. The molecule has 0 saturated heterocycles. The summed E-state index contributed by atoms with van der Waals surface area (Å²) in [5.74, 6) is 1.12. The topological polar surface area (TPSA) is 25.6 Å². The first-order valence-corrected chi connectivity index (χ1v) is 20.3.